The molecule has 1 rings (SSSR count). The van der Waals surface area contributed by atoms with Gasteiger partial charge in [-0.1, -0.05) is 11.6 Å². The maximum absolute atomic E-state index is 5.57. The Kier molecular flexibility index (Phi) is 1.46. The van der Waals surface area contributed by atoms with E-state index in [4.69, 9.17) is 11.6 Å². The molecular formula is C3H5ClN2S. The zero-order valence-electron chi connectivity index (χ0n) is 3.81. The Balaban J connectivity index is 2.54. The third-order valence-corrected chi connectivity index (χ3v) is 1.88. The highest BCUT2D eigenvalue weighted by Gasteiger charge is 2.04. The van der Waals surface area contributed by atoms with E-state index in [1.165, 1.54) is 11.9 Å². The van der Waals surface area contributed by atoms with Crippen molar-refractivity contribution in [2.24, 2.45) is 0 Å². The summed E-state index contributed by atoms with van der Waals surface area (Å²) in [6.45, 7) is 0. The predicted octanol–water partition coefficient (Wildman–Crippen LogP) is 1.12. The number of rotatable bonds is 0. The molecule has 0 fully saturated rings. The van der Waals surface area contributed by atoms with Gasteiger partial charge in [0.15, 0.2) is 0 Å². The molecular weight excluding hydrogens is 132 g/mol. The molecule has 0 unspecified atom stereocenters. The summed E-state index contributed by atoms with van der Waals surface area (Å²) in [5, 5.41) is 4.32. The Morgan fingerprint density at radius 1 is 2.00 bits per heavy atom. The predicted molar refractivity (Wildman–Crippen MR) is 32.4 cm³/mol. The molecule has 0 aromatic rings. The normalized spacial score (nSPS) is 20.3. The zero-order valence-corrected chi connectivity index (χ0v) is 5.38. The van der Waals surface area contributed by atoms with Crippen LogP contribution in [0.15, 0.2) is 10.6 Å². The Hall–Kier alpha value is 0.140. The van der Waals surface area contributed by atoms with Gasteiger partial charge in [-0.05, 0) is 11.9 Å². The minimum absolute atomic E-state index is 0.741. The second kappa shape index (κ2) is 1.94. The molecule has 1 aliphatic rings. The van der Waals surface area contributed by atoms with E-state index in [2.05, 4.69) is 4.83 Å². The van der Waals surface area contributed by atoms with Crippen molar-refractivity contribution in [2.45, 2.75) is 0 Å². The number of hydrogen-bond donors (Lipinski definition) is 1. The molecule has 0 amide bonds. The zero-order chi connectivity index (χ0) is 5.28. The molecule has 7 heavy (non-hydrogen) atoms. The van der Waals surface area contributed by atoms with Crippen LogP contribution >= 0.6 is 23.5 Å². The van der Waals surface area contributed by atoms with Crippen LogP contribution in [0.1, 0.15) is 0 Å². The van der Waals surface area contributed by atoms with Crippen LogP contribution in [0.25, 0.3) is 0 Å². The molecule has 0 atom stereocenters. The lowest BCUT2D eigenvalue weighted by Crippen LogP contribution is -2.20. The summed E-state index contributed by atoms with van der Waals surface area (Å²) in [6.07, 6.45) is 0. The monoisotopic (exact) mass is 136 g/mol. The molecule has 0 aromatic carbocycles. The SMILES string of the molecule is CN1NSC=C1Cl. The van der Waals surface area contributed by atoms with Gasteiger partial charge in [0.1, 0.15) is 5.16 Å². The van der Waals surface area contributed by atoms with E-state index in [1.54, 1.807) is 5.01 Å². The first kappa shape index (κ1) is 5.28. The lowest BCUT2D eigenvalue weighted by Gasteiger charge is -2.07. The number of hydrazine groups is 1. The van der Waals surface area contributed by atoms with Crippen LogP contribution in [-0.4, -0.2) is 12.1 Å². The van der Waals surface area contributed by atoms with Gasteiger partial charge in [0, 0.05) is 12.5 Å². The van der Waals surface area contributed by atoms with Crippen LogP contribution in [0.2, 0.25) is 0 Å². The number of hydrogen-bond acceptors (Lipinski definition) is 3. The van der Waals surface area contributed by atoms with Crippen molar-refractivity contribution in [3.63, 3.8) is 0 Å². The maximum Gasteiger partial charge on any atom is 0.127 e. The lowest BCUT2D eigenvalue weighted by atomic mass is 10.9. The van der Waals surface area contributed by atoms with Gasteiger partial charge in [-0.25, -0.2) is 0 Å². The van der Waals surface area contributed by atoms with Gasteiger partial charge in [0.05, 0.1) is 0 Å². The molecule has 0 aromatic heterocycles. The molecule has 0 radical (unpaired) electrons. The molecule has 0 spiro atoms. The largest absolute Gasteiger partial charge is 0.291 e. The Morgan fingerprint density at radius 3 is 2.86 bits per heavy atom. The smallest absolute Gasteiger partial charge is 0.127 e. The van der Waals surface area contributed by atoms with Crippen molar-refractivity contribution < 1.29 is 0 Å². The van der Waals surface area contributed by atoms with Crippen LogP contribution < -0.4 is 4.83 Å². The fraction of sp³-hybridized carbons (Fsp3) is 0.333. The first-order valence-corrected chi connectivity index (χ1v) is 3.07. The summed E-state index contributed by atoms with van der Waals surface area (Å²) in [5.41, 5.74) is 0. The molecule has 0 bridgehead atoms. The average molecular weight is 137 g/mol. The van der Waals surface area contributed by atoms with Crippen molar-refractivity contribution in [2.75, 3.05) is 7.05 Å². The van der Waals surface area contributed by atoms with Crippen LogP contribution in [0.4, 0.5) is 0 Å². The van der Waals surface area contributed by atoms with E-state index in [9.17, 15) is 0 Å². The highest BCUT2D eigenvalue weighted by atomic mass is 35.5. The minimum atomic E-state index is 0.741. The summed E-state index contributed by atoms with van der Waals surface area (Å²) in [7, 11) is 1.86. The fourth-order valence-corrected chi connectivity index (χ4v) is 1.07. The minimum Gasteiger partial charge on any atom is -0.291 e. The highest BCUT2D eigenvalue weighted by Crippen LogP contribution is 2.17. The maximum atomic E-state index is 5.57. The molecule has 1 heterocycles. The summed E-state index contributed by atoms with van der Waals surface area (Å²) >= 11 is 7.04. The summed E-state index contributed by atoms with van der Waals surface area (Å²) in [4.78, 5) is 2.89. The molecule has 1 N–H and O–H groups in total. The van der Waals surface area contributed by atoms with Crippen molar-refractivity contribution in [3.05, 3.63) is 10.6 Å². The lowest BCUT2D eigenvalue weighted by molar-refractivity contribution is 0.431. The summed E-state index contributed by atoms with van der Waals surface area (Å²) < 4.78 is 0. The van der Waals surface area contributed by atoms with Gasteiger partial charge in [-0.2, -0.15) is 4.83 Å². The molecule has 1 aliphatic heterocycles. The second-order valence-corrected chi connectivity index (χ2v) is 2.25. The quantitative estimate of drug-likeness (QED) is 0.397. The Labute approximate surface area is 51.6 Å². The molecule has 40 valence electrons. The summed E-state index contributed by atoms with van der Waals surface area (Å²) in [5.74, 6) is 0. The van der Waals surface area contributed by atoms with E-state index in [0.29, 0.717) is 0 Å². The van der Waals surface area contributed by atoms with E-state index >= 15 is 0 Å². The van der Waals surface area contributed by atoms with Crippen molar-refractivity contribution in [3.8, 4) is 0 Å². The average Bonchev–Trinajstić information content (AvgIpc) is 1.91. The van der Waals surface area contributed by atoms with E-state index in [0.717, 1.165) is 5.16 Å². The van der Waals surface area contributed by atoms with Crippen LogP contribution in [0.5, 0.6) is 0 Å². The molecule has 0 aliphatic carbocycles. The highest BCUT2D eigenvalue weighted by molar-refractivity contribution is 8.00. The van der Waals surface area contributed by atoms with E-state index in [-0.39, 0.29) is 0 Å². The molecule has 4 heteroatoms. The van der Waals surface area contributed by atoms with Gasteiger partial charge in [-0.15, -0.1) is 0 Å². The fourth-order valence-electron chi connectivity index (χ4n) is 0.277. The number of halogens is 1. The van der Waals surface area contributed by atoms with Gasteiger partial charge in [0.2, 0.25) is 0 Å². The van der Waals surface area contributed by atoms with Crippen molar-refractivity contribution >= 4 is 23.5 Å². The van der Waals surface area contributed by atoms with Crippen LogP contribution in [0, 0.1) is 0 Å². The van der Waals surface area contributed by atoms with Crippen LogP contribution in [0.3, 0.4) is 0 Å². The third-order valence-electron chi connectivity index (χ3n) is 0.666. The molecule has 0 saturated heterocycles. The van der Waals surface area contributed by atoms with Crippen molar-refractivity contribution in [1.29, 1.82) is 0 Å². The van der Waals surface area contributed by atoms with E-state index < -0.39 is 0 Å². The van der Waals surface area contributed by atoms with E-state index in [1.807, 2.05) is 12.5 Å². The third kappa shape index (κ3) is 1.02. The number of nitrogens with zero attached hydrogens (tertiary/aromatic N) is 1. The first-order chi connectivity index (χ1) is 3.30. The molecule has 0 saturated carbocycles. The van der Waals surface area contributed by atoms with Gasteiger partial charge < -0.3 is 0 Å². The second-order valence-electron chi connectivity index (χ2n) is 1.21. The van der Waals surface area contributed by atoms with Gasteiger partial charge in [-0.3, -0.25) is 5.01 Å². The molecule has 2 nitrogen and oxygen atoms in total. The number of nitrogens with one attached hydrogen (secondary N) is 1. The Morgan fingerprint density at radius 2 is 2.71 bits per heavy atom. The van der Waals surface area contributed by atoms with Gasteiger partial charge >= 0.3 is 0 Å². The topological polar surface area (TPSA) is 15.3 Å². The van der Waals surface area contributed by atoms with Gasteiger partial charge in [0.25, 0.3) is 0 Å². The standard InChI is InChI=1S/C3H5ClN2S/c1-6-3(4)2-7-5-6/h2,5H,1H3. The Bertz CT molecular complexity index is 103. The summed E-state index contributed by atoms with van der Waals surface area (Å²) in [6, 6.07) is 0. The van der Waals surface area contributed by atoms with Crippen LogP contribution in [-0.2, 0) is 0 Å². The first-order valence-electron chi connectivity index (χ1n) is 1.81. The van der Waals surface area contributed by atoms with Crippen molar-refractivity contribution in [1.82, 2.24) is 9.84 Å².